The van der Waals surface area contributed by atoms with Gasteiger partial charge in [-0.3, -0.25) is 9.59 Å². The molecular weight excluding hydrogens is 337 g/mol. The van der Waals surface area contributed by atoms with Crippen LogP contribution < -0.4 is 0 Å². The first-order valence-electron chi connectivity index (χ1n) is 7.28. The number of benzene rings is 2. The molecule has 0 unspecified atom stereocenters. The minimum absolute atomic E-state index is 0.250. The van der Waals surface area contributed by atoms with Gasteiger partial charge in [0.15, 0.2) is 5.41 Å². The lowest BCUT2D eigenvalue weighted by molar-refractivity contribution is -0.161. The fourth-order valence-electron chi connectivity index (χ4n) is 2.18. The number of aliphatic carboxylic acids is 1. The highest BCUT2D eigenvalue weighted by Crippen LogP contribution is 2.30. The molecule has 0 aliphatic heterocycles. The minimum Gasteiger partial charge on any atom is -0.480 e. The molecule has 2 aromatic rings. The molecule has 0 bridgehead atoms. The van der Waals surface area contributed by atoms with E-state index in [1.54, 1.807) is 18.2 Å². The summed E-state index contributed by atoms with van der Waals surface area (Å²) in [5.74, 6) is -2.37. The van der Waals surface area contributed by atoms with Crippen molar-refractivity contribution in [2.45, 2.75) is 25.1 Å². The molecule has 0 aromatic heterocycles. The van der Waals surface area contributed by atoms with Gasteiger partial charge in [0, 0.05) is 0 Å². The van der Waals surface area contributed by atoms with Crippen LogP contribution in [-0.2, 0) is 32.5 Å². The Balaban J connectivity index is 2.14. The lowest BCUT2D eigenvalue weighted by Gasteiger charge is -2.23. The highest BCUT2D eigenvalue weighted by Gasteiger charge is 2.44. The fourth-order valence-corrected chi connectivity index (χ4v) is 2.18. The molecular formula is C18H15F3O4. The molecule has 4 nitrogen and oxygen atoms in total. The maximum absolute atomic E-state index is 12.5. The van der Waals surface area contributed by atoms with Crippen LogP contribution in [0.2, 0.25) is 0 Å². The number of halogens is 3. The molecule has 0 spiro atoms. The summed E-state index contributed by atoms with van der Waals surface area (Å²) in [6, 6.07) is 12.0. The maximum atomic E-state index is 12.5. The van der Waals surface area contributed by atoms with Crippen LogP contribution in [0.3, 0.4) is 0 Å². The molecule has 0 saturated heterocycles. The predicted molar refractivity (Wildman–Crippen MR) is 82.7 cm³/mol. The molecule has 132 valence electrons. The maximum Gasteiger partial charge on any atom is 0.416 e. The van der Waals surface area contributed by atoms with Gasteiger partial charge in [-0.05, 0) is 30.2 Å². The second-order valence-electron chi connectivity index (χ2n) is 5.57. The number of rotatable bonds is 5. The smallest absolute Gasteiger partial charge is 0.416 e. The first-order valence-corrected chi connectivity index (χ1v) is 7.28. The van der Waals surface area contributed by atoms with E-state index in [1.807, 2.05) is 0 Å². The number of carboxylic acid groups (broad SMARTS) is 1. The summed E-state index contributed by atoms with van der Waals surface area (Å²) in [4.78, 5) is 23.9. The van der Waals surface area contributed by atoms with Gasteiger partial charge in [0.1, 0.15) is 6.61 Å². The van der Waals surface area contributed by atoms with Crippen LogP contribution in [0, 0.1) is 0 Å². The van der Waals surface area contributed by atoms with Crippen molar-refractivity contribution in [3.8, 4) is 0 Å². The number of alkyl halides is 3. The first-order chi connectivity index (χ1) is 11.7. The van der Waals surface area contributed by atoms with Gasteiger partial charge < -0.3 is 9.84 Å². The molecule has 0 fully saturated rings. The normalized spacial score (nSPS) is 13.8. The first kappa shape index (κ1) is 18.5. The topological polar surface area (TPSA) is 63.6 Å². The van der Waals surface area contributed by atoms with Crippen molar-refractivity contribution in [2.24, 2.45) is 0 Å². The molecule has 1 N–H and O–H groups in total. The van der Waals surface area contributed by atoms with Gasteiger partial charge in [0.05, 0.1) is 5.56 Å². The highest BCUT2D eigenvalue weighted by atomic mass is 19.4. The van der Waals surface area contributed by atoms with E-state index in [-0.39, 0.29) is 12.2 Å². The van der Waals surface area contributed by atoms with Crippen molar-refractivity contribution < 1.29 is 32.6 Å². The Morgan fingerprint density at radius 3 is 2.00 bits per heavy atom. The Kier molecular flexibility index (Phi) is 5.15. The molecule has 1 atom stereocenters. The van der Waals surface area contributed by atoms with Gasteiger partial charge in [-0.2, -0.15) is 13.2 Å². The van der Waals surface area contributed by atoms with Gasteiger partial charge in [0.2, 0.25) is 0 Å². The summed E-state index contributed by atoms with van der Waals surface area (Å²) in [5.41, 5.74) is -2.16. The number of carbonyl (C=O) groups is 2. The predicted octanol–water partition coefficient (Wildman–Crippen LogP) is 3.79. The zero-order chi connectivity index (χ0) is 18.7. The van der Waals surface area contributed by atoms with E-state index in [2.05, 4.69) is 0 Å². The van der Waals surface area contributed by atoms with Crippen LogP contribution in [0.1, 0.15) is 23.6 Å². The Morgan fingerprint density at radius 2 is 1.52 bits per heavy atom. The third-order valence-electron chi connectivity index (χ3n) is 3.84. The van der Waals surface area contributed by atoms with Crippen LogP contribution in [0.15, 0.2) is 54.6 Å². The number of hydrogen-bond donors (Lipinski definition) is 1. The highest BCUT2D eigenvalue weighted by molar-refractivity contribution is 6.05. The van der Waals surface area contributed by atoms with Gasteiger partial charge in [-0.1, -0.05) is 42.5 Å². The summed E-state index contributed by atoms with van der Waals surface area (Å²) in [5, 5.41) is 9.45. The van der Waals surface area contributed by atoms with E-state index in [0.717, 1.165) is 12.1 Å². The lowest BCUT2D eigenvalue weighted by atomic mass is 9.82. The zero-order valence-corrected chi connectivity index (χ0v) is 13.2. The molecule has 2 rings (SSSR count). The summed E-state index contributed by atoms with van der Waals surface area (Å²) in [7, 11) is 0. The third kappa shape index (κ3) is 3.99. The molecule has 7 heteroatoms. The molecule has 0 radical (unpaired) electrons. The van der Waals surface area contributed by atoms with Crippen molar-refractivity contribution in [1.29, 1.82) is 0 Å². The Morgan fingerprint density at radius 1 is 0.960 bits per heavy atom. The van der Waals surface area contributed by atoms with E-state index in [0.29, 0.717) is 5.56 Å². The number of carboxylic acids is 1. The Hall–Kier alpha value is -2.83. The molecule has 0 saturated carbocycles. The average Bonchev–Trinajstić information content (AvgIpc) is 2.59. The summed E-state index contributed by atoms with van der Waals surface area (Å²) in [6.07, 6.45) is -4.45. The molecule has 0 heterocycles. The van der Waals surface area contributed by atoms with E-state index < -0.39 is 29.1 Å². The van der Waals surface area contributed by atoms with Crippen LogP contribution in [0.4, 0.5) is 13.2 Å². The van der Waals surface area contributed by atoms with Gasteiger partial charge in [-0.25, -0.2) is 0 Å². The van der Waals surface area contributed by atoms with Gasteiger partial charge in [-0.15, -0.1) is 0 Å². The molecule has 2 aromatic carbocycles. The Labute approximate surface area is 141 Å². The average molecular weight is 352 g/mol. The van der Waals surface area contributed by atoms with Crippen LogP contribution in [0.5, 0.6) is 0 Å². The van der Waals surface area contributed by atoms with Gasteiger partial charge >= 0.3 is 18.1 Å². The number of esters is 1. The van der Waals surface area contributed by atoms with E-state index in [4.69, 9.17) is 4.74 Å². The molecule has 25 heavy (non-hydrogen) atoms. The van der Waals surface area contributed by atoms with Gasteiger partial charge in [0.25, 0.3) is 0 Å². The molecule has 0 aliphatic rings. The number of carbonyl (C=O) groups excluding carboxylic acids is 1. The third-order valence-corrected chi connectivity index (χ3v) is 3.84. The lowest BCUT2D eigenvalue weighted by Crippen LogP contribution is -2.42. The number of hydrogen-bond acceptors (Lipinski definition) is 3. The van der Waals surface area contributed by atoms with Crippen molar-refractivity contribution in [1.82, 2.24) is 0 Å². The summed E-state index contributed by atoms with van der Waals surface area (Å²) < 4.78 is 42.6. The van der Waals surface area contributed by atoms with E-state index >= 15 is 0 Å². The zero-order valence-electron chi connectivity index (χ0n) is 13.2. The van der Waals surface area contributed by atoms with Crippen LogP contribution >= 0.6 is 0 Å². The summed E-state index contributed by atoms with van der Waals surface area (Å²) >= 11 is 0. The van der Waals surface area contributed by atoms with Crippen molar-refractivity contribution in [2.75, 3.05) is 0 Å². The standard InChI is InChI=1S/C18H15F3O4/c1-17(15(22)23,13-5-3-2-4-6-13)16(24)25-11-12-7-9-14(10-8-12)18(19,20)21/h2-10H,11H2,1H3,(H,22,23)/t17-/m0/s1. The van der Waals surface area contributed by atoms with Crippen molar-refractivity contribution in [3.63, 3.8) is 0 Å². The Bertz CT molecular complexity index is 754. The second kappa shape index (κ2) is 6.96. The summed E-state index contributed by atoms with van der Waals surface area (Å²) in [6.45, 7) is 0.895. The van der Waals surface area contributed by atoms with E-state index in [9.17, 15) is 27.9 Å². The quantitative estimate of drug-likeness (QED) is 0.657. The van der Waals surface area contributed by atoms with E-state index in [1.165, 1.54) is 31.2 Å². The fraction of sp³-hybridized carbons (Fsp3) is 0.222. The largest absolute Gasteiger partial charge is 0.480 e. The van der Waals surface area contributed by atoms with Crippen LogP contribution in [0.25, 0.3) is 0 Å². The van der Waals surface area contributed by atoms with Crippen molar-refractivity contribution >= 4 is 11.9 Å². The SMILES string of the molecule is C[C@](C(=O)O)(C(=O)OCc1ccc(C(F)(F)F)cc1)c1ccccc1. The minimum atomic E-state index is -4.45. The molecule has 0 aliphatic carbocycles. The second-order valence-corrected chi connectivity index (χ2v) is 5.57. The van der Waals surface area contributed by atoms with Crippen molar-refractivity contribution in [3.05, 3.63) is 71.3 Å². The molecule has 0 amide bonds. The monoisotopic (exact) mass is 352 g/mol. The number of ether oxygens (including phenoxy) is 1. The van der Waals surface area contributed by atoms with Crippen LogP contribution in [-0.4, -0.2) is 17.0 Å².